The molecule has 1 aliphatic carbocycles. The fraction of sp³-hybridized carbons (Fsp3) is 0.462. The van der Waals surface area contributed by atoms with Crippen molar-refractivity contribution in [2.45, 2.75) is 26.2 Å². The van der Waals surface area contributed by atoms with E-state index in [0.29, 0.717) is 13.2 Å². The summed E-state index contributed by atoms with van der Waals surface area (Å²) in [4.78, 5) is 10.6. The number of nitrogens with one attached hydrogen (secondary N) is 1. The number of aryl methyl sites for hydroxylation is 2. The number of rotatable bonds is 4. The summed E-state index contributed by atoms with van der Waals surface area (Å²) in [6.45, 7) is 2.60. The third kappa shape index (κ3) is 2.75. The number of hydrogen-bond donors (Lipinski definition) is 1. The van der Waals surface area contributed by atoms with Crippen LogP contribution in [0.25, 0.3) is 0 Å². The van der Waals surface area contributed by atoms with E-state index in [0.717, 1.165) is 12.2 Å². The Morgan fingerprint density at radius 2 is 2.19 bits per heavy atom. The van der Waals surface area contributed by atoms with Crippen molar-refractivity contribution in [2.75, 3.05) is 13.2 Å². The number of fused-ring (bicyclic) bond motifs is 1. The minimum Gasteiger partial charge on any atom is -0.492 e. The largest absolute Gasteiger partial charge is 0.492 e. The normalized spacial score (nSPS) is 13.3. The lowest BCUT2D eigenvalue weighted by molar-refractivity contribution is -0.119. The minimum atomic E-state index is -0.0162. The molecule has 3 heteroatoms. The number of carbonyl (C=O) groups is 1. The van der Waals surface area contributed by atoms with Gasteiger partial charge >= 0.3 is 0 Å². The summed E-state index contributed by atoms with van der Waals surface area (Å²) in [6.07, 6.45) is 3.62. The van der Waals surface area contributed by atoms with Crippen LogP contribution in [0, 0.1) is 0 Å². The average molecular weight is 219 g/mol. The van der Waals surface area contributed by atoms with Crippen LogP contribution in [-0.4, -0.2) is 19.1 Å². The zero-order chi connectivity index (χ0) is 11.4. The lowest BCUT2D eigenvalue weighted by Gasteiger charge is -2.08. The van der Waals surface area contributed by atoms with E-state index >= 15 is 0 Å². The van der Waals surface area contributed by atoms with Crippen molar-refractivity contribution < 1.29 is 9.53 Å². The van der Waals surface area contributed by atoms with Crippen molar-refractivity contribution in [3.63, 3.8) is 0 Å². The standard InChI is InChI=1S/C13H17NO2/c1-10(15)14-7-8-16-13-6-5-11-3-2-4-12(11)9-13/h5-6,9H,2-4,7-8H2,1H3,(H,14,15). The van der Waals surface area contributed by atoms with Gasteiger partial charge < -0.3 is 10.1 Å². The van der Waals surface area contributed by atoms with Crippen LogP contribution in [0.3, 0.4) is 0 Å². The molecule has 3 nitrogen and oxygen atoms in total. The Morgan fingerprint density at radius 1 is 1.38 bits per heavy atom. The van der Waals surface area contributed by atoms with E-state index in [9.17, 15) is 4.79 Å². The molecule has 0 bridgehead atoms. The molecule has 0 unspecified atom stereocenters. The second kappa shape index (κ2) is 5.01. The fourth-order valence-corrected chi connectivity index (χ4v) is 2.03. The third-order valence-electron chi connectivity index (χ3n) is 2.81. The molecule has 1 N–H and O–H groups in total. The second-order valence-electron chi connectivity index (χ2n) is 4.12. The molecular formula is C13H17NO2. The third-order valence-corrected chi connectivity index (χ3v) is 2.81. The van der Waals surface area contributed by atoms with E-state index < -0.39 is 0 Å². The molecule has 2 rings (SSSR count). The number of carbonyl (C=O) groups excluding carboxylic acids is 1. The molecule has 16 heavy (non-hydrogen) atoms. The summed E-state index contributed by atoms with van der Waals surface area (Å²) >= 11 is 0. The predicted octanol–water partition coefficient (Wildman–Crippen LogP) is 1.69. The van der Waals surface area contributed by atoms with Gasteiger partial charge in [-0.1, -0.05) is 6.07 Å². The maximum Gasteiger partial charge on any atom is 0.216 e. The zero-order valence-corrected chi connectivity index (χ0v) is 9.58. The lowest BCUT2D eigenvalue weighted by Crippen LogP contribution is -2.25. The van der Waals surface area contributed by atoms with Crippen LogP contribution in [0.5, 0.6) is 5.75 Å². The zero-order valence-electron chi connectivity index (χ0n) is 9.58. The molecule has 1 aliphatic rings. The van der Waals surface area contributed by atoms with Gasteiger partial charge in [0.1, 0.15) is 12.4 Å². The summed E-state index contributed by atoms with van der Waals surface area (Å²) in [7, 11) is 0. The highest BCUT2D eigenvalue weighted by Gasteiger charge is 2.10. The quantitative estimate of drug-likeness (QED) is 0.783. The van der Waals surface area contributed by atoms with Gasteiger partial charge in [-0.2, -0.15) is 0 Å². The lowest BCUT2D eigenvalue weighted by atomic mass is 10.1. The summed E-state index contributed by atoms with van der Waals surface area (Å²) in [6, 6.07) is 6.28. The molecule has 0 saturated carbocycles. The highest BCUT2D eigenvalue weighted by molar-refractivity contribution is 5.72. The van der Waals surface area contributed by atoms with Crippen molar-refractivity contribution in [1.82, 2.24) is 5.32 Å². The molecule has 1 aromatic carbocycles. The first kappa shape index (κ1) is 11.0. The Bertz CT molecular complexity index is 388. The monoisotopic (exact) mass is 219 g/mol. The van der Waals surface area contributed by atoms with Gasteiger partial charge in [0.25, 0.3) is 0 Å². The Hall–Kier alpha value is -1.51. The van der Waals surface area contributed by atoms with E-state index in [4.69, 9.17) is 4.74 Å². The van der Waals surface area contributed by atoms with E-state index in [-0.39, 0.29) is 5.91 Å². The summed E-state index contributed by atoms with van der Waals surface area (Å²) < 4.78 is 5.57. The summed E-state index contributed by atoms with van der Waals surface area (Å²) in [5, 5.41) is 2.70. The smallest absolute Gasteiger partial charge is 0.216 e. The van der Waals surface area contributed by atoms with E-state index in [1.807, 2.05) is 6.07 Å². The van der Waals surface area contributed by atoms with Crippen LogP contribution >= 0.6 is 0 Å². The molecule has 0 heterocycles. The number of hydrogen-bond acceptors (Lipinski definition) is 2. The summed E-state index contributed by atoms with van der Waals surface area (Å²) in [5.41, 5.74) is 2.87. The van der Waals surface area contributed by atoms with Gasteiger partial charge in [0.15, 0.2) is 0 Å². The number of amides is 1. The first-order valence-corrected chi connectivity index (χ1v) is 5.75. The molecule has 0 spiro atoms. The van der Waals surface area contributed by atoms with E-state index in [1.165, 1.54) is 30.9 Å². The molecule has 0 aliphatic heterocycles. The highest BCUT2D eigenvalue weighted by atomic mass is 16.5. The average Bonchev–Trinajstić information content (AvgIpc) is 2.71. The SMILES string of the molecule is CC(=O)NCCOc1ccc2c(c1)CCC2. The van der Waals surface area contributed by atoms with Crippen LogP contribution in [0.1, 0.15) is 24.5 Å². The number of ether oxygens (including phenoxy) is 1. The maximum absolute atomic E-state index is 10.6. The molecule has 0 atom stereocenters. The van der Waals surface area contributed by atoms with Gasteiger partial charge in [0.05, 0.1) is 6.54 Å². The van der Waals surface area contributed by atoms with E-state index in [1.54, 1.807) is 0 Å². The van der Waals surface area contributed by atoms with Gasteiger partial charge in [-0.15, -0.1) is 0 Å². The first-order chi connectivity index (χ1) is 7.75. The van der Waals surface area contributed by atoms with Crippen LogP contribution in [0.4, 0.5) is 0 Å². The van der Waals surface area contributed by atoms with Gasteiger partial charge in [-0.05, 0) is 42.5 Å². The molecule has 0 radical (unpaired) electrons. The highest BCUT2D eigenvalue weighted by Crippen LogP contribution is 2.25. The Balaban J connectivity index is 1.83. The second-order valence-corrected chi connectivity index (χ2v) is 4.12. The molecule has 1 amide bonds. The van der Waals surface area contributed by atoms with Crippen LogP contribution in [0.2, 0.25) is 0 Å². The molecule has 0 saturated heterocycles. The molecule has 0 aromatic heterocycles. The van der Waals surface area contributed by atoms with Gasteiger partial charge in [-0.3, -0.25) is 4.79 Å². The maximum atomic E-state index is 10.6. The van der Waals surface area contributed by atoms with Crippen LogP contribution in [0.15, 0.2) is 18.2 Å². The van der Waals surface area contributed by atoms with Crippen molar-refractivity contribution in [3.8, 4) is 5.75 Å². The molecule has 1 aromatic rings. The Kier molecular flexibility index (Phi) is 3.44. The Labute approximate surface area is 95.8 Å². The molecular weight excluding hydrogens is 202 g/mol. The molecule has 0 fully saturated rings. The van der Waals surface area contributed by atoms with Crippen LogP contribution < -0.4 is 10.1 Å². The fourth-order valence-electron chi connectivity index (χ4n) is 2.03. The van der Waals surface area contributed by atoms with E-state index in [2.05, 4.69) is 17.4 Å². The first-order valence-electron chi connectivity index (χ1n) is 5.75. The van der Waals surface area contributed by atoms with Crippen molar-refractivity contribution in [2.24, 2.45) is 0 Å². The number of benzene rings is 1. The van der Waals surface area contributed by atoms with Crippen molar-refractivity contribution in [1.29, 1.82) is 0 Å². The van der Waals surface area contributed by atoms with Gasteiger partial charge in [-0.25, -0.2) is 0 Å². The minimum absolute atomic E-state index is 0.0162. The van der Waals surface area contributed by atoms with Crippen molar-refractivity contribution >= 4 is 5.91 Å². The van der Waals surface area contributed by atoms with Crippen molar-refractivity contribution in [3.05, 3.63) is 29.3 Å². The predicted molar refractivity (Wildman–Crippen MR) is 62.6 cm³/mol. The molecule has 86 valence electrons. The van der Waals surface area contributed by atoms with Gasteiger partial charge in [0.2, 0.25) is 5.91 Å². The summed E-state index contributed by atoms with van der Waals surface area (Å²) in [5.74, 6) is 0.892. The Morgan fingerprint density at radius 3 is 3.00 bits per heavy atom. The van der Waals surface area contributed by atoms with Crippen LogP contribution in [-0.2, 0) is 17.6 Å². The van der Waals surface area contributed by atoms with Gasteiger partial charge in [0, 0.05) is 6.92 Å². The topological polar surface area (TPSA) is 38.3 Å².